The van der Waals surface area contributed by atoms with Crippen molar-refractivity contribution in [3.63, 3.8) is 0 Å². The first kappa shape index (κ1) is 25.2. The van der Waals surface area contributed by atoms with Gasteiger partial charge >= 0.3 is 0 Å². The van der Waals surface area contributed by atoms with Crippen molar-refractivity contribution in [2.75, 3.05) is 38.5 Å². The van der Waals surface area contributed by atoms with Crippen molar-refractivity contribution in [1.29, 1.82) is 0 Å². The van der Waals surface area contributed by atoms with Crippen LogP contribution in [0.15, 0.2) is 29.4 Å². The molecule has 2 heterocycles. The van der Waals surface area contributed by atoms with Crippen LogP contribution >= 0.6 is 11.8 Å². The van der Waals surface area contributed by atoms with E-state index in [0.717, 1.165) is 12.1 Å². The van der Waals surface area contributed by atoms with Gasteiger partial charge in [0.05, 0.1) is 18.0 Å². The van der Waals surface area contributed by atoms with Crippen molar-refractivity contribution in [2.24, 2.45) is 0 Å². The summed E-state index contributed by atoms with van der Waals surface area (Å²) in [4.78, 5) is 28.8. The summed E-state index contributed by atoms with van der Waals surface area (Å²) in [5, 5.41) is 15.6. The molecule has 33 heavy (non-hydrogen) atoms. The van der Waals surface area contributed by atoms with Crippen LogP contribution in [0.25, 0.3) is 5.69 Å². The van der Waals surface area contributed by atoms with Gasteiger partial charge in [0, 0.05) is 31.7 Å². The van der Waals surface area contributed by atoms with Gasteiger partial charge in [-0.05, 0) is 61.7 Å². The number of piperazine rings is 1. The molecule has 1 aliphatic rings. The number of rotatable bonds is 9. The van der Waals surface area contributed by atoms with Crippen LogP contribution in [-0.2, 0) is 16.0 Å². The van der Waals surface area contributed by atoms with Crippen molar-refractivity contribution in [3.8, 4) is 5.69 Å². The summed E-state index contributed by atoms with van der Waals surface area (Å²) in [6.07, 6.45) is 3.41. The number of hydrogen-bond acceptors (Lipinski definition) is 7. The smallest absolute Gasteiger partial charge is 0.234 e. The lowest BCUT2D eigenvalue weighted by atomic mass is 10.1. The zero-order chi connectivity index (χ0) is 23.8. The maximum atomic E-state index is 12.7. The summed E-state index contributed by atoms with van der Waals surface area (Å²) >= 11 is 1.34. The minimum atomic E-state index is -0.237. The van der Waals surface area contributed by atoms with E-state index in [-0.39, 0.29) is 23.1 Å². The molecule has 1 aliphatic heterocycles. The lowest BCUT2D eigenvalue weighted by Crippen LogP contribution is -2.53. The Labute approximate surface area is 200 Å². The molecule has 9 nitrogen and oxygen atoms in total. The Kier molecular flexibility index (Phi) is 8.85. The fourth-order valence-corrected chi connectivity index (χ4v) is 4.44. The minimum Gasteiger partial charge on any atom is -0.350 e. The molecule has 2 amide bonds. The van der Waals surface area contributed by atoms with Gasteiger partial charge in [-0.15, -0.1) is 5.10 Å². The SMILES string of the molecule is CCCCc1ccc(-n2nnnc2SCC(=O)N2CCN(CC(=O)NC(C)(C)C)CC2)cc1. The Morgan fingerprint density at radius 2 is 1.79 bits per heavy atom. The summed E-state index contributed by atoms with van der Waals surface area (Å²) in [5.41, 5.74) is 1.95. The number of hydrogen-bond donors (Lipinski definition) is 1. The molecule has 0 atom stereocenters. The van der Waals surface area contributed by atoms with Crippen LogP contribution < -0.4 is 5.32 Å². The van der Waals surface area contributed by atoms with E-state index >= 15 is 0 Å². The predicted molar refractivity (Wildman–Crippen MR) is 129 cm³/mol. The maximum Gasteiger partial charge on any atom is 0.234 e. The number of nitrogens with zero attached hydrogens (tertiary/aromatic N) is 6. The summed E-state index contributed by atoms with van der Waals surface area (Å²) < 4.78 is 1.67. The molecule has 1 N–H and O–H groups in total. The number of thioether (sulfide) groups is 1. The van der Waals surface area contributed by atoms with Gasteiger partial charge in [0.25, 0.3) is 0 Å². The number of benzene rings is 1. The summed E-state index contributed by atoms with van der Waals surface area (Å²) in [7, 11) is 0. The van der Waals surface area contributed by atoms with Gasteiger partial charge in [-0.25, -0.2) is 0 Å². The number of amides is 2. The van der Waals surface area contributed by atoms with Crippen molar-refractivity contribution in [3.05, 3.63) is 29.8 Å². The molecular weight excluding hydrogens is 438 g/mol. The number of carbonyl (C=O) groups excluding carboxylic acids is 2. The van der Waals surface area contributed by atoms with Crippen LogP contribution in [0.1, 0.15) is 46.1 Å². The third kappa shape index (κ3) is 7.82. The van der Waals surface area contributed by atoms with E-state index in [4.69, 9.17) is 0 Å². The van der Waals surface area contributed by atoms with Crippen LogP contribution in [0.4, 0.5) is 0 Å². The Balaban J connectivity index is 1.47. The Morgan fingerprint density at radius 3 is 2.42 bits per heavy atom. The standard InChI is InChI=1S/C23H35N7O2S/c1-5-6-7-18-8-10-19(11-9-18)30-22(25-26-27-30)33-17-21(32)29-14-12-28(13-15-29)16-20(31)24-23(2,3)4/h8-11H,5-7,12-17H2,1-4H3,(H,24,31). The monoisotopic (exact) mass is 473 g/mol. The van der Waals surface area contributed by atoms with Gasteiger partial charge < -0.3 is 10.2 Å². The average Bonchev–Trinajstić information content (AvgIpc) is 3.24. The predicted octanol–water partition coefficient (Wildman–Crippen LogP) is 2.16. The van der Waals surface area contributed by atoms with Crippen LogP contribution in [0.5, 0.6) is 0 Å². The normalized spacial score (nSPS) is 15.0. The molecule has 0 bridgehead atoms. The number of tetrazole rings is 1. The first-order valence-corrected chi connectivity index (χ1v) is 12.6. The second-order valence-electron chi connectivity index (χ2n) is 9.39. The highest BCUT2D eigenvalue weighted by Crippen LogP contribution is 2.20. The van der Waals surface area contributed by atoms with E-state index in [0.29, 0.717) is 37.9 Å². The van der Waals surface area contributed by atoms with Gasteiger partial charge in [-0.3, -0.25) is 14.5 Å². The van der Waals surface area contributed by atoms with Crippen molar-refractivity contribution >= 4 is 23.6 Å². The zero-order valence-corrected chi connectivity index (χ0v) is 20.9. The fourth-order valence-electron chi connectivity index (χ4n) is 3.65. The first-order valence-electron chi connectivity index (χ1n) is 11.6. The lowest BCUT2D eigenvalue weighted by Gasteiger charge is -2.34. The molecule has 0 unspecified atom stereocenters. The number of aromatic nitrogens is 4. The summed E-state index contributed by atoms with van der Waals surface area (Å²) in [6.45, 7) is 11.1. The Bertz CT molecular complexity index is 916. The molecule has 0 spiro atoms. The first-order chi connectivity index (χ1) is 15.7. The molecule has 0 saturated carbocycles. The highest BCUT2D eigenvalue weighted by Gasteiger charge is 2.24. The summed E-state index contributed by atoms with van der Waals surface area (Å²) in [5.74, 6) is 0.353. The molecular formula is C23H35N7O2S. The van der Waals surface area contributed by atoms with E-state index in [1.165, 1.54) is 30.2 Å². The van der Waals surface area contributed by atoms with E-state index in [1.54, 1.807) is 4.68 Å². The third-order valence-corrected chi connectivity index (χ3v) is 6.28. The topological polar surface area (TPSA) is 96.2 Å². The van der Waals surface area contributed by atoms with Gasteiger partial charge in [0.2, 0.25) is 17.0 Å². The average molecular weight is 474 g/mol. The molecule has 180 valence electrons. The Morgan fingerprint density at radius 1 is 1.09 bits per heavy atom. The van der Waals surface area contributed by atoms with E-state index < -0.39 is 0 Å². The minimum absolute atomic E-state index is 0.0167. The van der Waals surface area contributed by atoms with E-state index in [2.05, 4.69) is 44.8 Å². The molecule has 0 radical (unpaired) electrons. The largest absolute Gasteiger partial charge is 0.350 e. The number of carbonyl (C=O) groups is 2. The van der Waals surface area contributed by atoms with E-state index in [9.17, 15) is 9.59 Å². The van der Waals surface area contributed by atoms with Crippen molar-refractivity contribution in [2.45, 2.75) is 57.7 Å². The van der Waals surface area contributed by atoms with Crippen LogP contribution in [0, 0.1) is 0 Å². The molecule has 1 saturated heterocycles. The van der Waals surface area contributed by atoms with Gasteiger partial charge in [0.1, 0.15) is 0 Å². The Hall–Kier alpha value is -2.46. The molecule has 0 aliphatic carbocycles. The maximum absolute atomic E-state index is 12.7. The van der Waals surface area contributed by atoms with Crippen molar-refractivity contribution < 1.29 is 9.59 Å². The van der Waals surface area contributed by atoms with Gasteiger partial charge in [-0.2, -0.15) is 4.68 Å². The number of nitrogens with one attached hydrogen (secondary N) is 1. The number of unbranched alkanes of at least 4 members (excludes halogenated alkanes) is 1. The third-order valence-electron chi connectivity index (χ3n) is 5.37. The second kappa shape index (κ2) is 11.6. The molecule has 3 rings (SSSR count). The quantitative estimate of drug-likeness (QED) is 0.558. The molecule has 1 aromatic carbocycles. The van der Waals surface area contributed by atoms with Crippen molar-refractivity contribution in [1.82, 2.24) is 35.3 Å². The second-order valence-corrected chi connectivity index (χ2v) is 10.3. The highest BCUT2D eigenvalue weighted by atomic mass is 32.2. The fraction of sp³-hybridized carbons (Fsp3) is 0.609. The van der Waals surface area contributed by atoms with E-state index in [1.807, 2.05) is 37.8 Å². The lowest BCUT2D eigenvalue weighted by molar-refractivity contribution is -0.130. The zero-order valence-electron chi connectivity index (χ0n) is 20.1. The molecule has 10 heteroatoms. The molecule has 2 aromatic rings. The molecule has 1 aromatic heterocycles. The number of aryl methyl sites for hydroxylation is 1. The van der Waals surface area contributed by atoms with Crippen LogP contribution in [-0.4, -0.2) is 85.8 Å². The molecule has 1 fully saturated rings. The highest BCUT2D eigenvalue weighted by molar-refractivity contribution is 7.99. The van der Waals surface area contributed by atoms with Crippen LogP contribution in [0.3, 0.4) is 0 Å². The summed E-state index contributed by atoms with van der Waals surface area (Å²) in [6, 6.07) is 8.24. The van der Waals surface area contributed by atoms with Gasteiger partial charge in [-0.1, -0.05) is 37.2 Å². The van der Waals surface area contributed by atoms with Gasteiger partial charge in [0.15, 0.2) is 0 Å². The van der Waals surface area contributed by atoms with Crippen LogP contribution in [0.2, 0.25) is 0 Å².